The number of nitrogens with one attached hydrogen (secondary N) is 1. The first-order valence-corrected chi connectivity index (χ1v) is 3.16. The monoisotopic (exact) mass is 154 g/mol. The van der Waals surface area contributed by atoms with Crippen LogP contribution >= 0.6 is 0 Å². The van der Waals surface area contributed by atoms with Crippen LogP contribution in [-0.2, 0) is 0 Å². The van der Waals surface area contributed by atoms with Crippen molar-refractivity contribution in [3.63, 3.8) is 0 Å². The molecule has 0 saturated carbocycles. The van der Waals surface area contributed by atoms with Gasteiger partial charge in [0.2, 0.25) is 0 Å². The summed E-state index contributed by atoms with van der Waals surface area (Å²) in [7, 11) is -0.0244. The molecule has 0 radical (unpaired) electrons. The van der Waals surface area contributed by atoms with Crippen molar-refractivity contribution < 1.29 is 19.8 Å². The van der Waals surface area contributed by atoms with Crippen LogP contribution in [0.2, 0.25) is 0 Å². The van der Waals surface area contributed by atoms with Crippen molar-refractivity contribution in [2.75, 3.05) is 7.11 Å². The average Bonchev–Trinajstić information content (AvgIpc) is 2.04. The predicted molar refractivity (Wildman–Crippen MR) is 39.4 cm³/mol. The number of hydrogen-bond acceptors (Lipinski definition) is 3. The highest BCUT2D eigenvalue weighted by Crippen LogP contribution is 2.01. The summed E-state index contributed by atoms with van der Waals surface area (Å²) in [4.78, 5) is 2.72. The molecular weight excluding hydrogens is 145 g/mol. The molecule has 0 aliphatic carbocycles. The third-order valence-electron chi connectivity index (χ3n) is 1.35. The molecule has 4 nitrogen and oxygen atoms in total. The molecule has 1 rings (SSSR count). The lowest BCUT2D eigenvalue weighted by Crippen LogP contribution is -2.33. The number of ether oxygens (including phenoxy) is 1. The van der Waals surface area contributed by atoms with Crippen molar-refractivity contribution in [2.45, 2.75) is 0 Å². The molecule has 1 heterocycles. The first-order valence-electron chi connectivity index (χ1n) is 3.16. The molecule has 0 unspecified atom stereocenters. The van der Waals surface area contributed by atoms with Gasteiger partial charge in [0, 0.05) is 6.07 Å². The molecule has 1 aromatic heterocycles. The van der Waals surface area contributed by atoms with Gasteiger partial charge < -0.3 is 14.8 Å². The number of hydrogen-bond donors (Lipinski definition) is 2. The van der Waals surface area contributed by atoms with E-state index in [4.69, 9.17) is 14.8 Å². The van der Waals surface area contributed by atoms with E-state index in [1.54, 1.807) is 12.3 Å². The van der Waals surface area contributed by atoms with Crippen molar-refractivity contribution in [1.82, 2.24) is 0 Å². The maximum Gasteiger partial charge on any atom is 0.498 e. The Morgan fingerprint density at radius 1 is 1.55 bits per heavy atom. The molecule has 0 aromatic carbocycles. The topological polar surface area (TPSA) is 63.8 Å². The minimum absolute atomic E-state index is 0.329. The Balaban J connectivity index is 3.02. The lowest BCUT2D eigenvalue weighted by molar-refractivity contribution is -0.376. The Labute approximate surface area is 64.6 Å². The van der Waals surface area contributed by atoms with Gasteiger partial charge in [-0.25, -0.2) is 4.98 Å². The van der Waals surface area contributed by atoms with Crippen LogP contribution in [-0.4, -0.2) is 24.3 Å². The normalized spacial score (nSPS) is 9.36. The van der Waals surface area contributed by atoms with Crippen LogP contribution in [0.3, 0.4) is 0 Å². The molecule has 0 aliphatic rings. The number of aromatic nitrogens is 1. The second kappa shape index (κ2) is 3.36. The molecule has 0 fully saturated rings. The van der Waals surface area contributed by atoms with Gasteiger partial charge in [0.05, 0.1) is 12.6 Å². The number of rotatable bonds is 2. The van der Waals surface area contributed by atoms with Crippen LogP contribution in [0.15, 0.2) is 18.5 Å². The highest BCUT2D eigenvalue weighted by atomic mass is 16.5. The van der Waals surface area contributed by atoms with Crippen LogP contribution in [0.1, 0.15) is 0 Å². The summed E-state index contributed by atoms with van der Waals surface area (Å²) < 4.78 is 4.87. The van der Waals surface area contributed by atoms with Gasteiger partial charge >= 0.3 is 7.12 Å². The van der Waals surface area contributed by atoms with Gasteiger partial charge in [0.1, 0.15) is 5.75 Å². The lowest BCUT2D eigenvalue weighted by atomic mass is 9.81. The van der Waals surface area contributed by atoms with Gasteiger partial charge in [-0.15, -0.1) is 0 Å². The number of H-pyrrole nitrogens is 1. The smallest absolute Gasteiger partial charge is 0.497 e. The van der Waals surface area contributed by atoms with Gasteiger partial charge in [-0.3, -0.25) is 0 Å². The number of methoxy groups -OCH3 is 1. The van der Waals surface area contributed by atoms with E-state index in [9.17, 15) is 0 Å². The summed E-state index contributed by atoms with van der Waals surface area (Å²) in [5.74, 6) is 0.457. The molecule has 0 atom stereocenters. The Kier molecular flexibility index (Phi) is 2.46. The molecule has 0 bridgehead atoms. The van der Waals surface area contributed by atoms with E-state index in [1.807, 2.05) is 0 Å². The van der Waals surface area contributed by atoms with Crippen molar-refractivity contribution in [1.29, 1.82) is 0 Å². The number of pyridine rings is 1. The van der Waals surface area contributed by atoms with Crippen molar-refractivity contribution in [3.8, 4) is 5.75 Å². The van der Waals surface area contributed by atoms with Gasteiger partial charge in [-0.1, -0.05) is 0 Å². The Bertz CT molecular complexity index is 241. The van der Waals surface area contributed by atoms with Crippen LogP contribution in [0.4, 0.5) is 0 Å². The Morgan fingerprint density at radius 3 is 2.73 bits per heavy atom. The van der Waals surface area contributed by atoms with E-state index >= 15 is 0 Å². The maximum atomic E-state index is 8.79. The van der Waals surface area contributed by atoms with E-state index < -0.39 is 7.12 Å². The van der Waals surface area contributed by atoms with E-state index in [2.05, 4.69) is 4.98 Å². The highest BCUT2D eigenvalue weighted by molar-refractivity contribution is 6.59. The average molecular weight is 154 g/mol. The van der Waals surface area contributed by atoms with E-state index in [0.29, 0.717) is 11.2 Å². The highest BCUT2D eigenvalue weighted by Gasteiger charge is 2.18. The summed E-state index contributed by atoms with van der Waals surface area (Å²) in [5, 5.41) is 17.6. The van der Waals surface area contributed by atoms with Crippen LogP contribution in [0.25, 0.3) is 0 Å². The fourth-order valence-electron chi connectivity index (χ4n) is 0.817. The third-order valence-corrected chi connectivity index (χ3v) is 1.35. The zero-order valence-corrected chi connectivity index (χ0v) is 6.11. The first kappa shape index (κ1) is 8.04. The van der Waals surface area contributed by atoms with Crippen molar-refractivity contribution >= 4 is 12.6 Å². The summed E-state index contributed by atoms with van der Waals surface area (Å²) in [5.41, 5.74) is 0.329. The second-order valence-electron chi connectivity index (χ2n) is 2.04. The van der Waals surface area contributed by atoms with Crippen molar-refractivity contribution in [2.24, 2.45) is 0 Å². The third kappa shape index (κ3) is 1.69. The molecule has 0 spiro atoms. The minimum atomic E-state index is -1.50. The zero-order valence-electron chi connectivity index (χ0n) is 6.11. The second-order valence-corrected chi connectivity index (χ2v) is 2.04. The van der Waals surface area contributed by atoms with E-state index in [0.717, 1.165) is 0 Å². The molecule has 1 aromatic rings. The van der Waals surface area contributed by atoms with Crippen LogP contribution < -0.4 is 15.2 Å². The summed E-state index contributed by atoms with van der Waals surface area (Å²) in [6.45, 7) is 0. The fourth-order valence-corrected chi connectivity index (χ4v) is 0.817. The van der Waals surface area contributed by atoms with E-state index in [-0.39, 0.29) is 0 Å². The Hall–Kier alpha value is -1.07. The van der Waals surface area contributed by atoms with Gasteiger partial charge in [-0.2, -0.15) is 0 Å². The van der Waals surface area contributed by atoms with Crippen LogP contribution in [0, 0.1) is 0 Å². The van der Waals surface area contributed by atoms with Gasteiger partial charge in [-0.05, 0) is 0 Å². The molecular formula is C6H9BNO3+. The Morgan fingerprint density at radius 2 is 2.27 bits per heavy atom. The molecule has 0 saturated heterocycles. The quantitative estimate of drug-likeness (QED) is 0.493. The first-order chi connectivity index (χ1) is 5.25. The molecule has 58 valence electrons. The molecule has 0 aliphatic heterocycles. The predicted octanol–water partition coefficient (Wildman–Crippen LogP) is -1.81. The minimum Gasteiger partial charge on any atom is -0.497 e. The standard InChI is InChI=1S/C6H8BNO3/c1-11-6-2-3-8-4-5(6)7(9)10/h2-4,9-10H,1H3/p+1. The van der Waals surface area contributed by atoms with Crippen LogP contribution in [0.5, 0.6) is 5.75 Å². The molecule has 11 heavy (non-hydrogen) atoms. The molecule has 0 amide bonds. The largest absolute Gasteiger partial charge is 0.498 e. The van der Waals surface area contributed by atoms with Gasteiger partial charge in [0.15, 0.2) is 12.4 Å². The number of aromatic amines is 1. The van der Waals surface area contributed by atoms with Crippen molar-refractivity contribution in [3.05, 3.63) is 18.5 Å². The zero-order chi connectivity index (χ0) is 8.27. The fraction of sp³-hybridized carbons (Fsp3) is 0.167. The van der Waals surface area contributed by atoms with Gasteiger partial charge in [0.25, 0.3) is 0 Å². The molecule has 3 N–H and O–H groups in total. The summed E-state index contributed by atoms with van der Waals surface area (Å²) >= 11 is 0. The lowest BCUT2D eigenvalue weighted by Gasteiger charge is -2.02. The summed E-state index contributed by atoms with van der Waals surface area (Å²) in [6.07, 6.45) is 3.12. The summed E-state index contributed by atoms with van der Waals surface area (Å²) in [6, 6.07) is 1.62. The molecule has 5 heteroatoms. The van der Waals surface area contributed by atoms with E-state index in [1.165, 1.54) is 13.3 Å². The maximum absolute atomic E-state index is 8.79. The SMILES string of the molecule is COc1cc[nH+]cc1B(O)O.